The van der Waals surface area contributed by atoms with Gasteiger partial charge in [0.05, 0.1) is 0 Å². The topological polar surface area (TPSA) is 64.3 Å². The Kier molecular flexibility index (Phi) is 7.42. The zero-order chi connectivity index (χ0) is 11.0. The van der Waals surface area contributed by atoms with Crippen LogP contribution < -0.4 is 11.1 Å². The highest BCUT2D eigenvalue weighted by molar-refractivity contribution is 5.76. The van der Waals surface area contributed by atoms with Crippen LogP contribution in [-0.2, 0) is 9.53 Å². The fourth-order valence-corrected chi connectivity index (χ4v) is 1.12. The van der Waals surface area contributed by atoms with Gasteiger partial charge in [-0.15, -0.1) is 0 Å². The number of rotatable bonds is 7. The van der Waals surface area contributed by atoms with Crippen molar-refractivity contribution in [2.24, 2.45) is 11.7 Å². The quantitative estimate of drug-likeness (QED) is 0.632. The molecule has 4 nitrogen and oxygen atoms in total. The van der Waals surface area contributed by atoms with Crippen molar-refractivity contribution < 1.29 is 9.53 Å². The summed E-state index contributed by atoms with van der Waals surface area (Å²) in [6.45, 7) is 5.18. The van der Waals surface area contributed by atoms with E-state index in [2.05, 4.69) is 5.32 Å². The monoisotopic (exact) mass is 202 g/mol. The molecule has 3 N–H and O–H groups in total. The zero-order valence-electron chi connectivity index (χ0n) is 9.38. The number of ether oxygens (including phenoxy) is 1. The van der Waals surface area contributed by atoms with Gasteiger partial charge in [-0.3, -0.25) is 4.79 Å². The van der Waals surface area contributed by atoms with Gasteiger partial charge in [0.25, 0.3) is 0 Å². The van der Waals surface area contributed by atoms with Gasteiger partial charge in [-0.1, -0.05) is 13.8 Å². The van der Waals surface area contributed by atoms with Crippen LogP contribution in [-0.4, -0.2) is 32.2 Å². The van der Waals surface area contributed by atoms with Gasteiger partial charge in [0, 0.05) is 32.7 Å². The molecule has 0 spiro atoms. The maximum atomic E-state index is 11.3. The highest BCUT2D eigenvalue weighted by Gasteiger charge is 2.09. The van der Waals surface area contributed by atoms with Crippen molar-refractivity contribution >= 4 is 5.91 Å². The Morgan fingerprint density at radius 1 is 1.57 bits per heavy atom. The van der Waals surface area contributed by atoms with Gasteiger partial charge in [0.1, 0.15) is 0 Å². The summed E-state index contributed by atoms with van der Waals surface area (Å²) in [5.41, 5.74) is 5.67. The molecule has 0 aromatic rings. The molecule has 0 aromatic heterocycles. The van der Waals surface area contributed by atoms with Crippen LogP contribution in [0.4, 0.5) is 0 Å². The molecule has 1 amide bonds. The maximum absolute atomic E-state index is 11.3. The molecule has 2 atom stereocenters. The van der Waals surface area contributed by atoms with Gasteiger partial charge in [0.15, 0.2) is 0 Å². The van der Waals surface area contributed by atoms with Gasteiger partial charge < -0.3 is 15.8 Å². The summed E-state index contributed by atoms with van der Waals surface area (Å²) in [5.74, 6) is 0.316. The van der Waals surface area contributed by atoms with E-state index < -0.39 is 0 Å². The molecule has 0 aromatic carbocycles. The summed E-state index contributed by atoms with van der Waals surface area (Å²) >= 11 is 0. The molecule has 0 saturated carbocycles. The molecule has 0 aliphatic heterocycles. The lowest BCUT2D eigenvalue weighted by Gasteiger charge is -2.12. The van der Waals surface area contributed by atoms with Crippen molar-refractivity contribution in [1.29, 1.82) is 0 Å². The first-order chi connectivity index (χ1) is 6.60. The van der Waals surface area contributed by atoms with Gasteiger partial charge in [-0.05, 0) is 12.3 Å². The Morgan fingerprint density at radius 3 is 2.71 bits per heavy atom. The van der Waals surface area contributed by atoms with E-state index in [1.807, 2.05) is 13.8 Å². The Morgan fingerprint density at radius 2 is 2.21 bits per heavy atom. The average molecular weight is 202 g/mol. The predicted molar refractivity (Wildman–Crippen MR) is 56.9 cm³/mol. The Hall–Kier alpha value is -0.610. The minimum atomic E-state index is 0.0541. The second-order valence-corrected chi connectivity index (χ2v) is 3.74. The van der Waals surface area contributed by atoms with Crippen LogP contribution in [0.2, 0.25) is 0 Å². The molecule has 0 bridgehead atoms. The third kappa shape index (κ3) is 6.86. The van der Waals surface area contributed by atoms with Crippen molar-refractivity contribution in [1.82, 2.24) is 5.32 Å². The van der Waals surface area contributed by atoms with Gasteiger partial charge in [-0.2, -0.15) is 0 Å². The van der Waals surface area contributed by atoms with Crippen molar-refractivity contribution in [3.05, 3.63) is 0 Å². The Balaban J connectivity index is 3.54. The highest BCUT2D eigenvalue weighted by atomic mass is 16.5. The summed E-state index contributed by atoms with van der Waals surface area (Å²) in [5, 5.41) is 2.80. The Bertz CT molecular complexity index is 162. The van der Waals surface area contributed by atoms with E-state index in [-0.39, 0.29) is 17.9 Å². The van der Waals surface area contributed by atoms with Gasteiger partial charge >= 0.3 is 0 Å². The van der Waals surface area contributed by atoms with Gasteiger partial charge in [0.2, 0.25) is 5.91 Å². The first-order valence-electron chi connectivity index (χ1n) is 5.11. The number of methoxy groups -OCH3 is 1. The van der Waals surface area contributed by atoms with Gasteiger partial charge in [-0.25, -0.2) is 0 Å². The zero-order valence-corrected chi connectivity index (χ0v) is 9.38. The normalized spacial score (nSPS) is 14.9. The summed E-state index contributed by atoms with van der Waals surface area (Å²) in [4.78, 5) is 11.3. The molecule has 0 aliphatic carbocycles. The fraction of sp³-hybridized carbons (Fsp3) is 0.900. The second-order valence-electron chi connectivity index (χ2n) is 3.74. The number of carbonyl (C=O) groups is 1. The molecule has 2 unspecified atom stereocenters. The van der Waals surface area contributed by atoms with Crippen LogP contribution in [0.25, 0.3) is 0 Å². The van der Waals surface area contributed by atoms with Crippen LogP contribution >= 0.6 is 0 Å². The molecule has 0 aliphatic rings. The lowest BCUT2D eigenvalue weighted by molar-refractivity contribution is -0.122. The average Bonchev–Trinajstić information content (AvgIpc) is 2.14. The third-order valence-electron chi connectivity index (χ3n) is 2.07. The van der Waals surface area contributed by atoms with E-state index in [1.54, 1.807) is 7.11 Å². The summed E-state index contributed by atoms with van der Waals surface area (Å²) in [6.07, 6.45) is 1.39. The minimum Gasteiger partial charge on any atom is -0.384 e. The molecular formula is C10H22N2O2. The lowest BCUT2D eigenvalue weighted by Crippen LogP contribution is -2.37. The lowest BCUT2D eigenvalue weighted by atomic mass is 10.1. The Labute approximate surface area is 86.2 Å². The number of nitrogens with one attached hydrogen (secondary N) is 1. The first-order valence-corrected chi connectivity index (χ1v) is 5.11. The summed E-state index contributed by atoms with van der Waals surface area (Å²) < 4.78 is 4.95. The van der Waals surface area contributed by atoms with Crippen molar-refractivity contribution in [3.8, 4) is 0 Å². The summed E-state index contributed by atoms with van der Waals surface area (Å²) in [6, 6.07) is 0.0664. The molecule has 4 heteroatoms. The predicted octanol–water partition coefficient (Wildman–Crippen LogP) is 0.513. The maximum Gasteiger partial charge on any atom is 0.220 e. The smallest absolute Gasteiger partial charge is 0.220 e. The molecule has 0 fully saturated rings. The van der Waals surface area contributed by atoms with E-state index in [4.69, 9.17) is 10.5 Å². The second kappa shape index (κ2) is 7.76. The number of hydrogen-bond donors (Lipinski definition) is 2. The molecule has 0 radical (unpaired) electrons. The molecule has 0 heterocycles. The largest absolute Gasteiger partial charge is 0.384 e. The van der Waals surface area contributed by atoms with Crippen LogP contribution in [0.3, 0.4) is 0 Å². The van der Waals surface area contributed by atoms with Crippen LogP contribution in [0, 0.1) is 5.92 Å². The highest BCUT2D eigenvalue weighted by Crippen LogP contribution is 2.01. The van der Waals surface area contributed by atoms with Crippen LogP contribution in [0.1, 0.15) is 26.7 Å². The first kappa shape index (κ1) is 13.4. The van der Waals surface area contributed by atoms with E-state index in [1.165, 1.54) is 0 Å². The standard InChI is InChI=1S/C10H22N2O2/c1-4-9(11)6-12-10(13)5-8(2)7-14-3/h8-9H,4-7,11H2,1-3H3,(H,12,13). The minimum absolute atomic E-state index is 0.0541. The molecule has 84 valence electrons. The molecule has 0 rings (SSSR count). The molecular weight excluding hydrogens is 180 g/mol. The van der Waals surface area contributed by atoms with E-state index in [9.17, 15) is 4.79 Å². The summed E-state index contributed by atoms with van der Waals surface area (Å²) in [7, 11) is 1.64. The van der Waals surface area contributed by atoms with Crippen molar-refractivity contribution in [2.45, 2.75) is 32.7 Å². The fourth-order valence-electron chi connectivity index (χ4n) is 1.12. The van der Waals surface area contributed by atoms with E-state index in [0.717, 1.165) is 6.42 Å². The molecule has 14 heavy (non-hydrogen) atoms. The SMILES string of the molecule is CCC(N)CNC(=O)CC(C)COC. The third-order valence-corrected chi connectivity index (χ3v) is 2.07. The number of amides is 1. The number of carbonyl (C=O) groups excluding carboxylic acids is 1. The van der Waals surface area contributed by atoms with E-state index in [0.29, 0.717) is 19.6 Å². The van der Waals surface area contributed by atoms with E-state index >= 15 is 0 Å². The number of hydrogen-bond acceptors (Lipinski definition) is 3. The van der Waals surface area contributed by atoms with Crippen LogP contribution in [0.5, 0.6) is 0 Å². The van der Waals surface area contributed by atoms with Crippen molar-refractivity contribution in [2.75, 3.05) is 20.3 Å². The number of nitrogens with two attached hydrogens (primary N) is 1. The van der Waals surface area contributed by atoms with Crippen molar-refractivity contribution in [3.63, 3.8) is 0 Å². The van der Waals surface area contributed by atoms with Crippen LogP contribution in [0.15, 0.2) is 0 Å². The molecule has 0 saturated heterocycles.